The molecule has 160 valence electrons. The summed E-state index contributed by atoms with van der Waals surface area (Å²) in [6, 6.07) is 24.7. The lowest BCUT2D eigenvalue weighted by molar-refractivity contribution is -0.127. The Morgan fingerprint density at radius 1 is 0.969 bits per heavy atom. The monoisotopic (exact) mass is 427 g/mol. The second kappa shape index (κ2) is 8.55. The van der Waals surface area contributed by atoms with E-state index in [9.17, 15) is 9.90 Å². The highest BCUT2D eigenvalue weighted by Gasteiger charge is 2.27. The van der Waals surface area contributed by atoms with Crippen molar-refractivity contribution in [3.05, 3.63) is 84.4 Å². The third-order valence-electron chi connectivity index (χ3n) is 5.42. The average Bonchev–Trinajstić information content (AvgIpc) is 3.12. The Labute approximate surface area is 184 Å². The summed E-state index contributed by atoms with van der Waals surface area (Å²) < 4.78 is 13.1. The van der Waals surface area contributed by atoms with Crippen molar-refractivity contribution < 1.29 is 19.4 Å². The van der Waals surface area contributed by atoms with E-state index in [-0.39, 0.29) is 18.2 Å². The number of fused-ring (bicyclic) bond motifs is 2. The maximum absolute atomic E-state index is 12.6. The number of rotatable bonds is 5. The van der Waals surface area contributed by atoms with E-state index in [1.807, 2.05) is 60.7 Å². The van der Waals surface area contributed by atoms with E-state index in [0.29, 0.717) is 18.0 Å². The molecule has 0 fully saturated rings. The molecular formula is C25H21N3O4. The SMILES string of the molecule is O=C(N=Nc1c(O)n(CCc2ccccc2)c2ccccc12)[C@H]1COc2ccccc2O1. The van der Waals surface area contributed by atoms with Crippen LogP contribution in [0, 0.1) is 0 Å². The number of carbonyl (C=O) groups is 1. The average molecular weight is 427 g/mol. The van der Waals surface area contributed by atoms with Crippen LogP contribution in [-0.4, -0.2) is 28.3 Å². The van der Waals surface area contributed by atoms with Crippen LogP contribution in [0.15, 0.2) is 89.1 Å². The predicted octanol–water partition coefficient (Wildman–Crippen LogP) is 5.04. The zero-order valence-electron chi connectivity index (χ0n) is 17.2. The summed E-state index contributed by atoms with van der Waals surface area (Å²) in [4.78, 5) is 12.6. The molecule has 3 aromatic carbocycles. The first-order valence-electron chi connectivity index (χ1n) is 10.4. The van der Waals surface area contributed by atoms with Crippen LogP contribution in [-0.2, 0) is 17.8 Å². The summed E-state index contributed by atoms with van der Waals surface area (Å²) >= 11 is 0. The number of ether oxygens (including phenoxy) is 2. The van der Waals surface area contributed by atoms with Gasteiger partial charge >= 0.3 is 5.91 Å². The number of aromatic hydroxyl groups is 1. The molecule has 0 unspecified atom stereocenters. The minimum absolute atomic E-state index is 0.0233. The smallest absolute Gasteiger partial charge is 0.308 e. The molecule has 0 spiro atoms. The summed E-state index contributed by atoms with van der Waals surface area (Å²) in [5.41, 5.74) is 2.26. The van der Waals surface area contributed by atoms with E-state index in [2.05, 4.69) is 10.2 Å². The minimum atomic E-state index is -0.887. The van der Waals surface area contributed by atoms with Gasteiger partial charge in [-0.05, 0) is 30.2 Å². The van der Waals surface area contributed by atoms with Gasteiger partial charge in [0.2, 0.25) is 12.0 Å². The van der Waals surface area contributed by atoms with Gasteiger partial charge in [-0.2, -0.15) is 0 Å². The molecule has 7 nitrogen and oxygen atoms in total. The Hall–Kier alpha value is -4.13. The molecule has 0 bridgehead atoms. The minimum Gasteiger partial charge on any atom is -0.493 e. The first-order valence-corrected chi connectivity index (χ1v) is 10.4. The van der Waals surface area contributed by atoms with Gasteiger partial charge in [-0.15, -0.1) is 10.2 Å². The zero-order chi connectivity index (χ0) is 21.9. The van der Waals surface area contributed by atoms with Crippen LogP contribution in [0.25, 0.3) is 10.9 Å². The Bertz CT molecular complexity index is 1300. The van der Waals surface area contributed by atoms with E-state index in [4.69, 9.17) is 9.47 Å². The van der Waals surface area contributed by atoms with Crippen molar-refractivity contribution in [3.8, 4) is 17.4 Å². The van der Waals surface area contributed by atoms with Gasteiger partial charge in [-0.25, -0.2) is 0 Å². The zero-order valence-corrected chi connectivity index (χ0v) is 17.2. The number of aryl methyl sites for hydroxylation is 2. The van der Waals surface area contributed by atoms with E-state index < -0.39 is 12.0 Å². The van der Waals surface area contributed by atoms with E-state index in [1.165, 1.54) is 0 Å². The van der Waals surface area contributed by atoms with E-state index in [0.717, 1.165) is 22.9 Å². The fraction of sp³-hybridized carbons (Fsp3) is 0.160. The number of para-hydroxylation sites is 3. The van der Waals surface area contributed by atoms with Gasteiger partial charge in [0.15, 0.2) is 17.2 Å². The summed E-state index contributed by atoms with van der Waals surface area (Å²) in [7, 11) is 0. The van der Waals surface area contributed by atoms with Crippen LogP contribution >= 0.6 is 0 Å². The van der Waals surface area contributed by atoms with Gasteiger partial charge in [0.1, 0.15) is 6.61 Å². The van der Waals surface area contributed by atoms with Crippen LogP contribution in [0.5, 0.6) is 17.4 Å². The Balaban J connectivity index is 1.39. The van der Waals surface area contributed by atoms with Crippen LogP contribution < -0.4 is 9.47 Å². The van der Waals surface area contributed by atoms with Gasteiger partial charge in [0.05, 0.1) is 5.52 Å². The van der Waals surface area contributed by atoms with Crippen LogP contribution in [0.2, 0.25) is 0 Å². The number of hydrogen-bond acceptors (Lipinski definition) is 5. The molecule has 7 heteroatoms. The highest BCUT2D eigenvalue weighted by atomic mass is 16.6. The number of nitrogens with zero attached hydrogens (tertiary/aromatic N) is 3. The number of hydrogen-bond donors (Lipinski definition) is 1. The molecule has 1 aliphatic rings. The molecule has 0 saturated carbocycles. The molecule has 0 radical (unpaired) electrons. The van der Waals surface area contributed by atoms with Crippen molar-refractivity contribution in [3.63, 3.8) is 0 Å². The highest BCUT2D eigenvalue weighted by molar-refractivity contribution is 5.95. The molecule has 1 aliphatic heterocycles. The second-order valence-corrected chi connectivity index (χ2v) is 7.48. The second-order valence-electron chi connectivity index (χ2n) is 7.48. The van der Waals surface area contributed by atoms with Gasteiger partial charge in [0.25, 0.3) is 0 Å². The number of benzene rings is 3. The Morgan fingerprint density at radius 2 is 1.69 bits per heavy atom. The first-order chi connectivity index (χ1) is 15.7. The molecule has 1 atom stereocenters. The molecule has 0 saturated heterocycles. The van der Waals surface area contributed by atoms with Crippen molar-refractivity contribution in [1.82, 2.24) is 4.57 Å². The number of amides is 1. The van der Waals surface area contributed by atoms with Gasteiger partial charge < -0.3 is 19.1 Å². The molecule has 4 aromatic rings. The van der Waals surface area contributed by atoms with Gasteiger partial charge in [-0.3, -0.25) is 4.79 Å². The lowest BCUT2D eigenvalue weighted by atomic mass is 10.1. The van der Waals surface area contributed by atoms with Crippen LogP contribution in [0.3, 0.4) is 0 Å². The topological polar surface area (TPSA) is 85.4 Å². The highest BCUT2D eigenvalue weighted by Crippen LogP contribution is 2.39. The Morgan fingerprint density at radius 3 is 2.53 bits per heavy atom. The van der Waals surface area contributed by atoms with E-state index in [1.54, 1.807) is 22.8 Å². The van der Waals surface area contributed by atoms with Crippen molar-refractivity contribution >= 4 is 22.5 Å². The van der Waals surface area contributed by atoms with E-state index >= 15 is 0 Å². The lowest BCUT2D eigenvalue weighted by Crippen LogP contribution is -2.35. The molecule has 1 amide bonds. The van der Waals surface area contributed by atoms with Crippen molar-refractivity contribution in [1.29, 1.82) is 0 Å². The fourth-order valence-corrected chi connectivity index (χ4v) is 3.79. The number of azo groups is 1. The van der Waals surface area contributed by atoms with Crippen molar-refractivity contribution in [2.24, 2.45) is 10.2 Å². The lowest BCUT2D eigenvalue weighted by Gasteiger charge is -2.23. The molecule has 0 aliphatic carbocycles. The standard InChI is InChI=1S/C25H21N3O4/c29-24(22-16-31-20-12-6-7-13-21(20)32-22)27-26-23-18-10-4-5-11-19(18)28(25(23)30)15-14-17-8-2-1-3-9-17/h1-13,22,30H,14-16H2/t22-/m1/s1. The van der Waals surface area contributed by atoms with Crippen molar-refractivity contribution in [2.75, 3.05) is 6.61 Å². The summed E-state index contributed by atoms with van der Waals surface area (Å²) in [6.07, 6.45) is -0.142. The number of carbonyl (C=O) groups excluding carboxylic acids is 1. The molecule has 5 rings (SSSR count). The summed E-state index contributed by atoms with van der Waals surface area (Å²) in [5.74, 6) is 0.491. The largest absolute Gasteiger partial charge is 0.493 e. The quantitative estimate of drug-likeness (QED) is 0.452. The molecule has 32 heavy (non-hydrogen) atoms. The van der Waals surface area contributed by atoms with Gasteiger partial charge in [0, 0.05) is 11.9 Å². The normalized spacial score (nSPS) is 15.3. The molecule has 1 N–H and O–H groups in total. The third kappa shape index (κ3) is 3.80. The van der Waals surface area contributed by atoms with Crippen molar-refractivity contribution in [2.45, 2.75) is 19.1 Å². The fourth-order valence-electron chi connectivity index (χ4n) is 3.79. The maximum Gasteiger partial charge on any atom is 0.308 e. The Kier molecular flexibility index (Phi) is 5.29. The van der Waals surface area contributed by atoms with Crippen LogP contribution in [0.4, 0.5) is 5.69 Å². The number of aromatic nitrogens is 1. The third-order valence-corrected chi connectivity index (χ3v) is 5.42. The summed E-state index contributed by atoms with van der Waals surface area (Å²) in [5, 5.41) is 19.6. The maximum atomic E-state index is 12.6. The molecule has 2 heterocycles. The predicted molar refractivity (Wildman–Crippen MR) is 120 cm³/mol. The van der Waals surface area contributed by atoms with Crippen LogP contribution in [0.1, 0.15) is 5.56 Å². The summed E-state index contributed by atoms with van der Waals surface area (Å²) in [6.45, 7) is 0.621. The first kappa shape index (κ1) is 19.8. The van der Waals surface area contributed by atoms with Gasteiger partial charge in [-0.1, -0.05) is 60.7 Å². The molecule has 1 aromatic heterocycles. The molecular weight excluding hydrogens is 406 g/mol.